The number of ether oxygens (including phenoxy) is 1. The van der Waals surface area contributed by atoms with Crippen LogP contribution < -0.4 is 4.90 Å². The zero-order valence-corrected chi connectivity index (χ0v) is 12.5. The fraction of sp³-hybridized carbons (Fsp3) is 0.375. The van der Waals surface area contributed by atoms with Gasteiger partial charge in [0.15, 0.2) is 5.82 Å². The predicted octanol–water partition coefficient (Wildman–Crippen LogP) is 2.86. The maximum Gasteiger partial charge on any atom is 0.156 e. The first-order valence-electron chi connectivity index (χ1n) is 7.44. The molecule has 1 saturated heterocycles. The smallest absolute Gasteiger partial charge is 0.156 e. The van der Waals surface area contributed by atoms with E-state index in [1.165, 1.54) is 12.1 Å². The van der Waals surface area contributed by atoms with Crippen LogP contribution in [0.3, 0.4) is 0 Å². The summed E-state index contributed by atoms with van der Waals surface area (Å²) in [6.45, 7) is 5.67. The lowest BCUT2D eigenvalue weighted by atomic mass is 10.2. The van der Waals surface area contributed by atoms with Crippen LogP contribution in [-0.4, -0.2) is 40.2 Å². The highest BCUT2D eigenvalue weighted by molar-refractivity contribution is 6.08. The number of H-pyrrole nitrogens is 1. The Labute approximate surface area is 127 Å². The third kappa shape index (κ3) is 2.11. The first-order chi connectivity index (χ1) is 10.6. The van der Waals surface area contributed by atoms with Crippen molar-refractivity contribution in [2.24, 2.45) is 0 Å². The summed E-state index contributed by atoms with van der Waals surface area (Å²) in [5, 5.41) is 0.785. The molecule has 22 heavy (non-hydrogen) atoms. The van der Waals surface area contributed by atoms with E-state index in [-0.39, 0.29) is 18.0 Å². The molecule has 3 aromatic rings. The maximum absolute atomic E-state index is 13.5. The van der Waals surface area contributed by atoms with Crippen LogP contribution in [-0.2, 0) is 4.74 Å². The van der Waals surface area contributed by atoms with E-state index in [1.54, 1.807) is 12.4 Å². The summed E-state index contributed by atoms with van der Waals surface area (Å²) in [4.78, 5) is 14.3. The van der Waals surface area contributed by atoms with Crippen molar-refractivity contribution in [1.82, 2.24) is 15.0 Å². The van der Waals surface area contributed by atoms with Crippen LogP contribution in [0.1, 0.15) is 13.8 Å². The van der Waals surface area contributed by atoms with Crippen LogP contribution in [0.4, 0.5) is 10.2 Å². The minimum absolute atomic E-state index is 0.149. The number of nitrogens with one attached hydrogen (secondary N) is 1. The van der Waals surface area contributed by atoms with E-state index in [0.29, 0.717) is 0 Å². The number of fused-ring (bicyclic) bond motifs is 3. The summed E-state index contributed by atoms with van der Waals surface area (Å²) in [6, 6.07) is 4.69. The minimum atomic E-state index is -0.262. The second-order valence-electron chi connectivity index (χ2n) is 5.90. The Bertz CT molecular complexity index is 837. The molecule has 1 N–H and O–H groups in total. The Hall–Kier alpha value is -2.21. The Balaban J connectivity index is 1.89. The summed E-state index contributed by atoms with van der Waals surface area (Å²) in [7, 11) is 0. The van der Waals surface area contributed by atoms with Crippen LogP contribution in [0.15, 0.2) is 24.5 Å². The molecule has 0 amide bonds. The van der Waals surface area contributed by atoms with E-state index in [4.69, 9.17) is 4.74 Å². The van der Waals surface area contributed by atoms with E-state index >= 15 is 0 Å². The van der Waals surface area contributed by atoms with Crippen molar-refractivity contribution in [3.63, 3.8) is 0 Å². The van der Waals surface area contributed by atoms with E-state index in [1.807, 2.05) is 0 Å². The fourth-order valence-electron chi connectivity index (χ4n) is 3.24. The van der Waals surface area contributed by atoms with Gasteiger partial charge < -0.3 is 14.6 Å². The van der Waals surface area contributed by atoms with Crippen LogP contribution in [0.25, 0.3) is 21.9 Å². The van der Waals surface area contributed by atoms with Gasteiger partial charge in [0.05, 0.1) is 12.2 Å². The van der Waals surface area contributed by atoms with Gasteiger partial charge in [-0.25, -0.2) is 14.4 Å². The Morgan fingerprint density at radius 1 is 1.23 bits per heavy atom. The van der Waals surface area contributed by atoms with Crippen molar-refractivity contribution in [1.29, 1.82) is 0 Å². The lowest BCUT2D eigenvalue weighted by Gasteiger charge is -2.36. The molecule has 6 heteroatoms. The Morgan fingerprint density at radius 3 is 2.77 bits per heavy atom. The lowest BCUT2D eigenvalue weighted by Crippen LogP contribution is -2.46. The second kappa shape index (κ2) is 4.91. The summed E-state index contributed by atoms with van der Waals surface area (Å²) in [5.74, 6) is 0.589. The lowest BCUT2D eigenvalue weighted by molar-refractivity contribution is -0.00537. The third-order valence-corrected chi connectivity index (χ3v) is 4.04. The SMILES string of the molecule is CC1CN(c2ncnc3c2[nH]c2ccc(F)cc23)CC(C)O1. The fourth-order valence-corrected chi connectivity index (χ4v) is 3.24. The number of morpholine rings is 1. The number of halogens is 1. The molecule has 1 aromatic carbocycles. The van der Waals surface area contributed by atoms with Crippen molar-refractivity contribution >= 4 is 27.8 Å². The van der Waals surface area contributed by atoms with Crippen molar-refractivity contribution in [2.75, 3.05) is 18.0 Å². The molecule has 0 bridgehead atoms. The molecular weight excluding hydrogens is 283 g/mol. The normalized spacial score (nSPS) is 22.6. The van der Waals surface area contributed by atoms with Gasteiger partial charge in [-0.3, -0.25) is 0 Å². The summed E-state index contributed by atoms with van der Waals surface area (Å²) in [5.41, 5.74) is 2.48. The first-order valence-corrected chi connectivity index (χ1v) is 7.44. The molecule has 2 unspecified atom stereocenters. The third-order valence-electron chi connectivity index (χ3n) is 4.04. The zero-order valence-electron chi connectivity index (χ0n) is 12.5. The van der Waals surface area contributed by atoms with Gasteiger partial charge in [0.25, 0.3) is 0 Å². The molecule has 0 aliphatic carbocycles. The second-order valence-corrected chi connectivity index (χ2v) is 5.90. The van der Waals surface area contributed by atoms with Gasteiger partial charge in [0.2, 0.25) is 0 Å². The molecule has 0 spiro atoms. The highest BCUT2D eigenvalue weighted by atomic mass is 19.1. The number of rotatable bonds is 1. The summed E-state index contributed by atoms with van der Waals surface area (Å²) >= 11 is 0. The van der Waals surface area contributed by atoms with Crippen LogP contribution >= 0.6 is 0 Å². The van der Waals surface area contributed by atoms with Crippen LogP contribution in [0.2, 0.25) is 0 Å². The molecule has 0 radical (unpaired) electrons. The Kier molecular flexibility index (Phi) is 3.00. The molecule has 1 aliphatic rings. The molecule has 4 rings (SSSR count). The number of anilines is 1. The number of benzene rings is 1. The zero-order chi connectivity index (χ0) is 15.3. The largest absolute Gasteiger partial charge is 0.372 e. The van der Waals surface area contributed by atoms with Gasteiger partial charge in [-0.2, -0.15) is 0 Å². The van der Waals surface area contributed by atoms with E-state index in [2.05, 4.69) is 33.7 Å². The molecule has 3 heterocycles. The summed E-state index contributed by atoms with van der Waals surface area (Å²) < 4.78 is 19.3. The van der Waals surface area contributed by atoms with E-state index < -0.39 is 0 Å². The standard InChI is InChI=1S/C16H17FN4O/c1-9-6-21(7-10(2)22-9)16-15-14(18-8-19-16)12-5-11(17)3-4-13(12)20-15/h3-5,8-10,20H,6-7H2,1-2H3. The molecule has 114 valence electrons. The highest BCUT2D eigenvalue weighted by Crippen LogP contribution is 2.30. The van der Waals surface area contributed by atoms with E-state index in [0.717, 1.165) is 40.8 Å². The van der Waals surface area contributed by atoms with Crippen LogP contribution in [0, 0.1) is 5.82 Å². The molecule has 2 aromatic heterocycles. The Morgan fingerprint density at radius 2 is 2.00 bits per heavy atom. The van der Waals surface area contributed by atoms with Crippen LogP contribution in [0.5, 0.6) is 0 Å². The topological polar surface area (TPSA) is 54.0 Å². The van der Waals surface area contributed by atoms with Gasteiger partial charge in [0, 0.05) is 24.0 Å². The van der Waals surface area contributed by atoms with Crippen molar-refractivity contribution in [2.45, 2.75) is 26.1 Å². The quantitative estimate of drug-likeness (QED) is 0.751. The van der Waals surface area contributed by atoms with Gasteiger partial charge in [-0.05, 0) is 32.0 Å². The number of aromatic amines is 1. The van der Waals surface area contributed by atoms with Gasteiger partial charge in [-0.1, -0.05) is 0 Å². The molecule has 2 atom stereocenters. The minimum Gasteiger partial charge on any atom is -0.372 e. The monoisotopic (exact) mass is 300 g/mol. The van der Waals surface area contributed by atoms with Gasteiger partial charge in [-0.15, -0.1) is 0 Å². The van der Waals surface area contributed by atoms with Crippen molar-refractivity contribution < 1.29 is 9.13 Å². The maximum atomic E-state index is 13.5. The molecule has 1 aliphatic heterocycles. The number of aromatic nitrogens is 3. The first kappa shape index (κ1) is 13.5. The van der Waals surface area contributed by atoms with Gasteiger partial charge in [0.1, 0.15) is 23.2 Å². The van der Waals surface area contributed by atoms with E-state index in [9.17, 15) is 4.39 Å². The average Bonchev–Trinajstić information content (AvgIpc) is 2.84. The molecular formula is C16H17FN4O. The predicted molar refractivity (Wildman–Crippen MR) is 83.6 cm³/mol. The summed E-state index contributed by atoms with van der Waals surface area (Å²) in [6.07, 6.45) is 1.84. The number of hydrogen-bond acceptors (Lipinski definition) is 4. The van der Waals surface area contributed by atoms with Crippen molar-refractivity contribution in [3.8, 4) is 0 Å². The molecule has 0 saturated carbocycles. The molecule has 1 fully saturated rings. The highest BCUT2D eigenvalue weighted by Gasteiger charge is 2.25. The molecule has 5 nitrogen and oxygen atoms in total. The average molecular weight is 300 g/mol. The number of hydrogen-bond donors (Lipinski definition) is 1. The number of nitrogens with zero attached hydrogens (tertiary/aromatic N) is 3. The van der Waals surface area contributed by atoms with Gasteiger partial charge >= 0.3 is 0 Å². The van der Waals surface area contributed by atoms with Crippen molar-refractivity contribution in [3.05, 3.63) is 30.3 Å².